The second kappa shape index (κ2) is 8.95. The van der Waals surface area contributed by atoms with Crippen LogP contribution < -0.4 is 5.46 Å². The van der Waals surface area contributed by atoms with Crippen LogP contribution in [0, 0.1) is 0 Å². The van der Waals surface area contributed by atoms with E-state index in [9.17, 15) is 0 Å². The fraction of sp³-hybridized carbons (Fsp3) is 0.188. The van der Waals surface area contributed by atoms with Gasteiger partial charge in [0.1, 0.15) is 0 Å². The first kappa shape index (κ1) is 23.6. The van der Waals surface area contributed by atoms with E-state index in [0.29, 0.717) is 5.82 Å². The van der Waals surface area contributed by atoms with E-state index in [1.165, 1.54) is 5.56 Å². The van der Waals surface area contributed by atoms with Crippen molar-refractivity contribution in [3.8, 4) is 33.8 Å². The van der Waals surface area contributed by atoms with E-state index in [4.69, 9.17) is 19.3 Å². The third kappa shape index (κ3) is 4.35. The minimum atomic E-state index is -0.396. The van der Waals surface area contributed by atoms with E-state index >= 15 is 0 Å². The summed E-state index contributed by atoms with van der Waals surface area (Å²) >= 11 is 0. The monoisotopic (exact) mass is 484 g/mol. The maximum absolute atomic E-state index is 6.22. The highest BCUT2D eigenvalue weighted by Crippen LogP contribution is 2.37. The highest BCUT2D eigenvalue weighted by atomic mass is 16.7. The molecule has 1 saturated heterocycles. The Labute approximate surface area is 218 Å². The summed E-state index contributed by atoms with van der Waals surface area (Å²) in [5.41, 5.74) is 6.41. The van der Waals surface area contributed by atoms with Crippen LogP contribution >= 0.6 is 0 Å². The summed E-state index contributed by atoms with van der Waals surface area (Å²) in [7, 11) is -0.396. The van der Waals surface area contributed by atoms with Crippen LogP contribution in [0.4, 0.5) is 0 Å². The van der Waals surface area contributed by atoms with Crippen molar-refractivity contribution in [2.75, 3.05) is 0 Å². The van der Waals surface area contributed by atoms with Crippen LogP contribution in [-0.2, 0) is 9.31 Å². The molecule has 1 aliphatic heterocycles. The minimum absolute atomic E-state index is 0.374. The molecule has 4 aromatic carbocycles. The molecule has 37 heavy (non-hydrogen) atoms. The Morgan fingerprint density at radius 3 is 1.76 bits per heavy atom. The average molecular weight is 484 g/mol. The van der Waals surface area contributed by atoms with E-state index in [1.54, 1.807) is 0 Å². The standard InChI is InChI=1S/C32H29BN2O2/c1-31(2)32(3,4)37-33(36-31)26-18-15-24(16-19-26)30-34-28-20-17-25(22-11-7-5-8-12-22)21-27(28)29(35-30)23-13-9-6-10-14-23/h5-21H,1-4H3. The molecule has 5 aromatic rings. The topological polar surface area (TPSA) is 44.2 Å². The molecule has 5 heteroatoms. The van der Waals surface area contributed by atoms with E-state index in [0.717, 1.165) is 38.8 Å². The highest BCUT2D eigenvalue weighted by Gasteiger charge is 2.51. The summed E-state index contributed by atoms with van der Waals surface area (Å²) < 4.78 is 12.4. The second-order valence-corrected chi connectivity index (χ2v) is 10.6. The van der Waals surface area contributed by atoms with Gasteiger partial charge in [-0.3, -0.25) is 0 Å². The fourth-order valence-corrected chi connectivity index (χ4v) is 4.65. The van der Waals surface area contributed by atoms with Crippen molar-refractivity contribution in [1.82, 2.24) is 9.97 Å². The van der Waals surface area contributed by atoms with Gasteiger partial charge in [0.15, 0.2) is 5.82 Å². The molecule has 0 saturated carbocycles. The number of aromatic nitrogens is 2. The Balaban J connectivity index is 1.42. The molecule has 0 spiro atoms. The molecule has 0 bridgehead atoms. The molecular weight excluding hydrogens is 455 g/mol. The van der Waals surface area contributed by atoms with Gasteiger partial charge in [-0.2, -0.15) is 0 Å². The van der Waals surface area contributed by atoms with Crippen LogP contribution in [0.2, 0.25) is 0 Å². The molecule has 1 aromatic heterocycles. The predicted molar refractivity (Wildman–Crippen MR) is 152 cm³/mol. The second-order valence-electron chi connectivity index (χ2n) is 10.6. The largest absolute Gasteiger partial charge is 0.494 e. The van der Waals surface area contributed by atoms with Crippen LogP contribution in [0.25, 0.3) is 44.7 Å². The summed E-state index contributed by atoms with van der Waals surface area (Å²) in [5, 5.41) is 1.03. The summed E-state index contributed by atoms with van der Waals surface area (Å²) in [5.74, 6) is 0.694. The maximum Gasteiger partial charge on any atom is 0.494 e. The van der Waals surface area contributed by atoms with Crippen molar-refractivity contribution < 1.29 is 9.31 Å². The lowest BCUT2D eigenvalue weighted by molar-refractivity contribution is 0.00578. The highest BCUT2D eigenvalue weighted by molar-refractivity contribution is 6.62. The molecule has 0 amide bonds. The van der Waals surface area contributed by atoms with Crippen LogP contribution in [0.1, 0.15) is 27.7 Å². The van der Waals surface area contributed by atoms with Crippen LogP contribution in [-0.4, -0.2) is 28.3 Å². The van der Waals surface area contributed by atoms with Gasteiger partial charge >= 0.3 is 7.12 Å². The maximum atomic E-state index is 6.22. The van der Waals surface area contributed by atoms with Crippen molar-refractivity contribution in [2.24, 2.45) is 0 Å². The number of hydrogen-bond acceptors (Lipinski definition) is 4. The van der Waals surface area contributed by atoms with Gasteiger partial charge in [-0.05, 0) is 56.4 Å². The Kier molecular flexibility index (Phi) is 5.71. The van der Waals surface area contributed by atoms with E-state index in [-0.39, 0.29) is 11.2 Å². The van der Waals surface area contributed by atoms with Gasteiger partial charge in [0, 0.05) is 16.5 Å². The predicted octanol–water partition coefficient (Wildman–Crippen LogP) is 6.93. The molecule has 1 fully saturated rings. The summed E-state index contributed by atoms with van der Waals surface area (Å²) in [4.78, 5) is 10.0. The fourth-order valence-electron chi connectivity index (χ4n) is 4.65. The number of rotatable bonds is 4. The van der Waals surface area contributed by atoms with E-state index < -0.39 is 7.12 Å². The molecule has 182 valence electrons. The molecule has 0 N–H and O–H groups in total. The molecule has 1 aliphatic rings. The molecule has 0 unspecified atom stereocenters. The Hall–Kier alpha value is -3.80. The molecule has 0 atom stereocenters. The van der Waals surface area contributed by atoms with E-state index in [2.05, 4.69) is 94.4 Å². The molecule has 4 nitrogen and oxygen atoms in total. The van der Waals surface area contributed by atoms with Gasteiger partial charge in [0.25, 0.3) is 0 Å². The lowest BCUT2D eigenvalue weighted by atomic mass is 9.79. The van der Waals surface area contributed by atoms with Crippen molar-refractivity contribution in [3.63, 3.8) is 0 Å². The number of hydrogen-bond donors (Lipinski definition) is 0. The van der Waals surface area contributed by atoms with Crippen LogP contribution in [0.15, 0.2) is 103 Å². The quantitative estimate of drug-likeness (QED) is 0.260. The van der Waals surface area contributed by atoms with Crippen molar-refractivity contribution in [3.05, 3.63) is 103 Å². The molecule has 0 radical (unpaired) electrons. The third-order valence-electron chi connectivity index (χ3n) is 7.54. The number of nitrogens with zero attached hydrogens (tertiary/aromatic N) is 2. The van der Waals surface area contributed by atoms with Gasteiger partial charge < -0.3 is 9.31 Å². The molecule has 6 rings (SSSR count). The number of fused-ring (bicyclic) bond motifs is 1. The summed E-state index contributed by atoms with van der Waals surface area (Å²) in [6.45, 7) is 8.27. The lowest BCUT2D eigenvalue weighted by Crippen LogP contribution is -2.41. The first-order chi connectivity index (χ1) is 17.8. The molecular formula is C32H29BN2O2. The van der Waals surface area contributed by atoms with Crippen molar-refractivity contribution in [1.29, 1.82) is 0 Å². The first-order valence-electron chi connectivity index (χ1n) is 12.7. The smallest absolute Gasteiger partial charge is 0.399 e. The SMILES string of the molecule is CC1(C)OB(c2ccc(-c3nc(-c4ccccc4)c4cc(-c5ccccc5)ccc4n3)cc2)OC1(C)C. The number of benzene rings is 4. The first-order valence-corrected chi connectivity index (χ1v) is 12.7. The van der Waals surface area contributed by atoms with Crippen molar-refractivity contribution >= 4 is 23.5 Å². The average Bonchev–Trinajstić information content (AvgIpc) is 3.15. The van der Waals surface area contributed by atoms with Gasteiger partial charge in [-0.25, -0.2) is 9.97 Å². The summed E-state index contributed by atoms with van der Waals surface area (Å²) in [6, 6.07) is 35.3. The van der Waals surface area contributed by atoms with Crippen molar-refractivity contribution in [2.45, 2.75) is 38.9 Å². The molecule has 2 heterocycles. The zero-order chi connectivity index (χ0) is 25.6. The van der Waals surface area contributed by atoms with Crippen LogP contribution in [0.3, 0.4) is 0 Å². The van der Waals surface area contributed by atoms with Gasteiger partial charge in [-0.15, -0.1) is 0 Å². The zero-order valence-electron chi connectivity index (χ0n) is 21.6. The van der Waals surface area contributed by atoms with Crippen LogP contribution in [0.5, 0.6) is 0 Å². The zero-order valence-corrected chi connectivity index (χ0v) is 21.6. The Morgan fingerprint density at radius 1 is 0.568 bits per heavy atom. The van der Waals surface area contributed by atoms with Gasteiger partial charge in [0.05, 0.1) is 22.4 Å². The third-order valence-corrected chi connectivity index (χ3v) is 7.54. The Bertz CT molecular complexity index is 1550. The minimum Gasteiger partial charge on any atom is -0.399 e. The lowest BCUT2D eigenvalue weighted by Gasteiger charge is -2.32. The Morgan fingerprint density at radius 2 is 1.14 bits per heavy atom. The molecule has 0 aliphatic carbocycles. The van der Waals surface area contributed by atoms with Gasteiger partial charge in [-0.1, -0.05) is 91.0 Å². The summed E-state index contributed by atoms with van der Waals surface area (Å²) in [6.07, 6.45) is 0. The van der Waals surface area contributed by atoms with Gasteiger partial charge in [0.2, 0.25) is 0 Å². The van der Waals surface area contributed by atoms with E-state index in [1.807, 2.05) is 36.4 Å². The normalized spacial score (nSPS) is 16.3.